The molecule has 2 amide bonds. The second-order valence-electron chi connectivity index (χ2n) is 9.20. The number of halogens is 2. The minimum Gasteiger partial charge on any atom is -0.314 e. The van der Waals surface area contributed by atoms with Gasteiger partial charge in [-0.15, -0.1) is 5.10 Å². The number of rotatable bonds is 2. The quantitative estimate of drug-likeness (QED) is 0.539. The largest absolute Gasteiger partial charge is 0.314 e. The summed E-state index contributed by atoms with van der Waals surface area (Å²) in [6.45, 7) is 5.55. The van der Waals surface area contributed by atoms with E-state index in [2.05, 4.69) is 10.3 Å². The highest BCUT2D eigenvalue weighted by molar-refractivity contribution is 6.31. The molecule has 2 aliphatic heterocycles. The highest BCUT2D eigenvalue weighted by atomic mass is 35.5. The van der Waals surface area contributed by atoms with E-state index < -0.39 is 10.8 Å². The first-order valence-electron chi connectivity index (χ1n) is 10.6. The van der Waals surface area contributed by atoms with Crippen molar-refractivity contribution in [2.24, 2.45) is 5.41 Å². The van der Waals surface area contributed by atoms with Crippen LogP contribution in [0.1, 0.15) is 43.6 Å². The Morgan fingerprint density at radius 3 is 2.21 bits per heavy atom. The van der Waals surface area contributed by atoms with E-state index in [0.717, 1.165) is 5.56 Å². The lowest BCUT2D eigenvalue weighted by atomic mass is 9.58. The van der Waals surface area contributed by atoms with Crippen LogP contribution in [0.4, 0.5) is 11.5 Å². The third-order valence-electron chi connectivity index (χ3n) is 7.19. The Morgan fingerprint density at radius 2 is 1.55 bits per heavy atom. The summed E-state index contributed by atoms with van der Waals surface area (Å²) >= 11 is 12.4. The number of aromatic nitrogens is 3. The summed E-state index contributed by atoms with van der Waals surface area (Å²) in [4.78, 5) is 30.9. The predicted molar refractivity (Wildman–Crippen MR) is 128 cm³/mol. The molecule has 0 saturated heterocycles. The van der Waals surface area contributed by atoms with Gasteiger partial charge < -0.3 is 4.90 Å². The molecule has 2 atom stereocenters. The van der Waals surface area contributed by atoms with Crippen LogP contribution < -0.4 is 9.80 Å². The number of benzene rings is 2. The van der Waals surface area contributed by atoms with Crippen LogP contribution in [0, 0.1) is 5.41 Å². The molecule has 1 aromatic heterocycles. The van der Waals surface area contributed by atoms with Crippen LogP contribution in [-0.2, 0) is 15.0 Å². The van der Waals surface area contributed by atoms with Crippen molar-refractivity contribution in [1.82, 2.24) is 15.0 Å². The van der Waals surface area contributed by atoms with E-state index in [9.17, 15) is 9.59 Å². The topological polar surface area (TPSA) is 71.3 Å². The molecule has 33 heavy (non-hydrogen) atoms. The van der Waals surface area contributed by atoms with Crippen molar-refractivity contribution < 1.29 is 9.59 Å². The number of fused-ring (bicyclic) bond motifs is 4. The molecule has 1 unspecified atom stereocenters. The molecule has 0 N–H and O–H groups in total. The number of hydrogen-bond donors (Lipinski definition) is 0. The molecule has 3 aromatic rings. The Bertz CT molecular complexity index is 1320. The fourth-order valence-corrected chi connectivity index (χ4v) is 5.67. The zero-order valence-corrected chi connectivity index (χ0v) is 20.4. The number of carbonyl (C=O) groups excluding carboxylic acids is 2. The van der Waals surface area contributed by atoms with Gasteiger partial charge >= 0.3 is 0 Å². The van der Waals surface area contributed by atoms with E-state index >= 15 is 0 Å². The van der Waals surface area contributed by atoms with Crippen LogP contribution in [-0.4, -0.2) is 40.9 Å². The second-order valence-corrected chi connectivity index (χ2v) is 10.1. The van der Waals surface area contributed by atoms with Gasteiger partial charge in [-0.05, 0) is 56.7 Å². The molecular formula is C24H23Cl2N5O2. The lowest BCUT2D eigenvalue weighted by Gasteiger charge is -2.46. The van der Waals surface area contributed by atoms with Crippen LogP contribution in [0.3, 0.4) is 0 Å². The lowest BCUT2D eigenvalue weighted by Crippen LogP contribution is -2.61. The van der Waals surface area contributed by atoms with Gasteiger partial charge in [0.1, 0.15) is 11.1 Å². The molecule has 0 saturated carbocycles. The van der Waals surface area contributed by atoms with Crippen LogP contribution >= 0.6 is 23.2 Å². The third kappa shape index (κ3) is 2.63. The first kappa shape index (κ1) is 21.9. The monoisotopic (exact) mass is 483 g/mol. The van der Waals surface area contributed by atoms with Crippen molar-refractivity contribution in [3.8, 4) is 0 Å². The number of amides is 2. The summed E-state index contributed by atoms with van der Waals surface area (Å²) in [5, 5.41) is 10.1. The Morgan fingerprint density at radius 1 is 0.909 bits per heavy atom. The first-order chi connectivity index (χ1) is 15.5. The van der Waals surface area contributed by atoms with E-state index in [0.29, 0.717) is 32.8 Å². The lowest BCUT2D eigenvalue weighted by molar-refractivity contribution is -0.137. The van der Waals surface area contributed by atoms with Crippen LogP contribution in [0.15, 0.2) is 42.5 Å². The van der Waals surface area contributed by atoms with E-state index in [1.807, 2.05) is 37.3 Å². The van der Waals surface area contributed by atoms with Crippen LogP contribution in [0.25, 0.3) is 0 Å². The van der Waals surface area contributed by atoms with Gasteiger partial charge in [0, 0.05) is 35.4 Å². The minimum absolute atomic E-state index is 0.198. The third-order valence-corrected chi connectivity index (χ3v) is 7.68. The highest BCUT2D eigenvalue weighted by Gasteiger charge is 2.68. The van der Waals surface area contributed by atoms with Gasteiger partial charge in [0.25, 0.3) is 0 Å². The normalized spacial score (nSPS) is 22.0. The average Bonchev–Trinajstić information content (AvgIpc) is 3.30. The molecule has 9 heteroatoms. The van der Waals surface area contributed by atoms with E-state index in [1.165, 1.54) is 0 Å². The zero-order valence-electron chi connectivity index (χ0n) is 18.9. The van der Waals surface area contributed by atoms with E-state index in [4.69, 9.17) is 23.2 Å². The molecule has 0 fully saturated rings. The molecular weight excluding hydrogens is 461 g/mol. The molecule has 1 spiro atoms. The first-order valence-corrected chi connectivity index (χ1v) is 11.4. The maximum absolute atomic E-state index is 14.0. The summed E-state index contributed by atoms with van der Waals surface area (Å²) in [6.07, 6.45) is 0. The van der Waals surface area contributed by atoms with Gasteiger partial charge in [0.05, 0.1) is 11.5 Å². The number of hydrogen-bond acceptors (Lipinski definition) is 4. The zero-order chi connectivity index (χ0) is 23.9. The molecule has 0 aliphatic carbocycles. The molecule has 3 heterocycles. The molecule has 0 bridgehead atoms. The minimum atomic E-state index is -1.35. The van der Waals surface area contributed by atoms with Crippen LogP contribution in [0.2, 0.25) is 10.0 Å². The summed E-state index contributed by atoms with van der Waals surface area (Å²) in [7, 11) is 3.41. The summed E-state index contributed by atoms with van der Waals surface area (Å²) in [5.41, 5.74) is 0.306. The van der Waals surface area contributed by atoms with Crippen molar-refractivity contribution in [3.05, 3.63) is 69.3 Å². The van der Waals surface area contributed by atoms with Crippen LogP contribution in [0.5, 0.6) is 0 Å². The number of likely N-dealkylation sites (N-methyl/N-ethyl adjacent to an activating group) is 1. The maximum Gasteiger partial charge on any atom is 0.244 e. The van der Waals surface area contributed by atoms with Crippen molar-refractivity contribution in [1.29, 1.82) is 0 Å². The average molecular weight is 484 g/mol. The summed E-state index contributed by atoms with van der Waals surface area (Å²) in [5.74, 6) is 0.0754. The highest BCUT2D eigenvalue weighted by Crippen LogP contribution is 2.60. The van der Waals surface area contributed by atoms with Gasteiger partial charge in [-0.25, -0.2) is 4.68 Å². The molecule has 0 radical (unpaired) electrons. The van der Waals surface area contributed by atoms with Gasteiger partial charge in [-0.2, -0.15) is 0 Å². The fraction of sp³-hybridized carbons (Fsp3) is 0.333. The smallest absolute Gasteiger partial charge is 0.244 e. The van der Waals surface area contributed by atoms with Crippen molar-refractivity contribution >= 4 is 46.5 Å². The number of anilines is 2. The second kappa shape index (κ2) is 7.05. The van der Waals surface area contributed by atoms with Gasteiger partial charge in [0.2, 0.25) is 11.8 Å². The summed E-state index contributed by atoms with van der Waals surface area (Å²) in [6, 6.07) is 12.5. The van der Waals surface area contributed by atoms with Gasteiger partial charge in [-0.3, -0.25) is 14.5 Å². The Labute approximate surface area is 201 Å². The van der Waals surface area contributed by atoms with Crippen molar-refractivity contribution in [3.63, 3.8) is 0 Å². The molecule has 170 valence electrons. The molecule has 2 aromatic carbocycles. The van der Waals surface area contributed by atoms with Gasteiger partial charge in [-0.1, -0.05) is 40.5 Å². The molecule has 5 rings (SSSR count). The standard InChI is InChI=1S/C24H23Cl2N5O2/c1-13(14-6-8-15(25)9-7-14)31-20-19(27-28-31)24(23(2,3)21(32)30(20)5)17-12-16(26)10-11-18(17)29(4)22(24)33/h6-13H,1-5H3/t13?,24-/m0/s1. The van der Waals surface area contributed by atoms with Crippen molar-refractivity contribution in [2.75, 3.05) is 23.9 Å². The summed E-state index contributed by atoms with van der Waals surface area (Å²) < 4.78 is 1.70. The molecule has 2 aliphatic rings. The fourth-order valence-electron chi connectivity index (χ4n) is 5.37. The van der Waals surface area contributed by atoms with Crippen molar-refractivity contribution in [2.45, 2.75) is 32.2 Å². The maximum atomic E-state index is 14.0. The SMILES string of the molecule is CC(c1ccc(Cl)cc1)n1nnc2c1N(C)C(=O)C(C)(C)[C@]21C(=O)N(C)c2ccc(Cl)cc21. The number of carbonyl (C=O) groups is 2. The Balaban J connectivity index is 1.81. The molecule has 7 nitrogen and oxygen atoms in total. The number of nitrogens with zero attached hydrogens (tertiary/aromatic N) is 5. The van der Waals surface area contributed by atoms with E-state index in [1.54, 1.807) is 54.6 Å². The predicted octanol–water partition coefficient (Wildman–Crippen LogP) is 4.46. The van der Waals surface area contributed by atoms with Gasteiger partial charge in [0.15, 0.2) is 5.82 Å². The Hall–Kier alpha value is -2.90. The Kier molecular flexibility index (Phi) is 4.68. The van der Waals surface area contributed by atoms with E-state index in [-0.39, 0.29) is 17.9 Å².